The molecular formula is C24H19FN2O3. The molecule has 1 heterocycles. The Morgan fingerprint density at radius 3 is 2.60 bits per heavy atom. The van der Waals surface area contributed by atoms with Crippen molar-refractivity contribution in [2.24, 2.45) is 0 Å². The second-order valence-corrected chi connectivity index (χ2v) is 6.81. The van der Waals surface area contributed by atoms with Crippen LogP contribution in [0.1, 0.15) is 11.1 Å². The van der Waals surface area contributed by atoms with E-state index in [0.717, 1.165) is 11.1 Å². The molecule has 0 radical (unpaired) electrons. The molecule has 0 saturated carbocycles. The Balaban J connectivity index is 1.52. The van der Waals surface area contributed by atoms with Crippen LogP contribution in [0.15, 0.2) is 78.9 Å². The van der Waals surface area contributed by atoms with Gasteiger partial charge in [-0.1, -0.05) is 42.5 Å². The van der Waals surface area contributed by atoms with Crippen molar-refractivity contribution in [2.45, 2.75) is 6.54 Å². The van der Waals surface area contributed by atoms with Gasteiger partial charge in [0, 0.05) is 11.8 Å². The number of hydrogen-bond donors (Lipinski definition) is 1. The van der Waals surface area contributed by atoms with Gasteiger partial charge in [0.15, 0.2) is 6.61 Å². The fourth-order valence-corrected chi connectivity index (χ4v) is 3.15. The molecule has 0 bridgehead atoms. The molecule has 0 spiro atoms. The number of halogens is 1. The van der Waals surface area contributed by atoms with Gasteiger partial charge in [-0.3, -0.25) is 9.59 Å². The molecule has 3 aromatic rings. The summed E-state index contributed by atoms with van der Waals surface area (Å²) in [5, 5.41) is 2.80. The molecule has 150 valence electrons. The Kier molecular flexibility index (Phi) is 5.57. The fourth-order valence-electron chi connectivity index (χ4n) is 3.15. The van der Waals surface area contributed by atoms with Crippen molar-refractivity contribution in [3.63, 3.8) is 0 Å². The first-order valence-electron chi connectivity index (χ1n) is 9.44. The summed E-state index contributed by atoms with van der Waals surface area (Å²) in [6, 6.07) is 20.6. The molecule has 6 heteroatoms. The molecule has 4 rings (SSSR count). The van der Waals surface area contributed by atoms with Gasteiger partial charge in [0.2, 0.25) is 5.91 Å². The van der Waals surface area contributed by atoms with Crippen LogP contribution in [0.3, 0.4) is 0 Å². The van der Waals surface area contributed by atoms with E-state index in [1.165, 1.54) is 18.2 Å². The van der Waals surface area contributed by atoms with Crippen molar-refractivity contribution in [1.82, 2.24) is 0 Å². The molecule has 0 unspecified atom stereocenters. The number of benzene rings is 3. The molecule has 5 nitrogen and oxygen atoms in total. The van der Waals surface area contributed by atoms with Crippen molar-refractivity contribution in [3.05, 3.63) is 95.8 Å². The highest BCUT2D eigenvalue weighted by Gasteiger charge is 2.26. The van der Waals surface area contributed by atoms with E-state index in [4.69, 9.17) is 4.74 Å². The average molecular weight is 402 g/mol. The van der Waals surface area contributed by atoms with Crippen LogP contribution in [0.4, 0.5) is 15.8 Å². The predicted molar refractivity (Wildman–Crippen MR) is 114 cm³/mol. The van der Waals surface area contributed by atoms with E-state index in [9.17, 15) is 14.0 Å². The van der Waals surface area contributed by atoms with Crippen LogP contribution in [0.25, 0.3) is 6.08 Å². The number of anilines is 2. The summed E-state index contributed by atoms with van der Waals surface area (Å²) in [6.07, 6.45) is 3.17. The van der Waals surface area contributed by atoms with Crippen molar-refractivity contribution in [3.8, 4) is 5.75 Å². The molecule has 2 amide bonds. The third-order valence-electron chi connectivity index (χ3n) is 4.65. The maximum Gasteiger partial charge on any atom is 0.265 e. The highest BCUT2D eigenvalue weighted by atomic mass is 19.1. The van der Waals surface area contributed by atoms with E-state index in [-0.39, 0.29) is 30.8 Å². The summed E-state index contributed by atoms with van der Waals surface area (Å²) in [4.78, 5) is 26.3. The van der Waals surface area contributed by atoms with Gasteiger partial charge in [-0.25, -0.2) is 4.39 Å². The van der Waals surface area contributed by atoms with Crippen LogP contribution in [-0.2, 0) is 16.1 Å². The highest BCUT2D eigenvalue weighted by Crippen LogP contribution is 2.35. The molecule has 1 N–H and O–H groups in total. The summed E-state index contributed by atoms with van der Waals surface area (Å²) in [6.45, 7) is 0.209. The standard InChI is InChI=1S/C24H19FN2O3/c25-19-9-6-18(7-10-19)15-27-21-14-20(11-12-22(21)30-16-24(27)29)26-23(28)13-8-17-4-2-1-3-5-17/h1-14H,15-16H2,(H,26,28)/b13-8+. The minimum absolute atomic E-state index is 0.0697. The zero-order chi connectivity index (χ0) is 20.9. The van der Waals surface area contributed by atoms with Crippen LogP contribution < -0.4 is 15.0 Å². The van der Waals surface area contributed by atoms with E-state index in [2.05, 4.69) is 5.32 Å². The molecule has 0 aliphatic carbocycles. The van der Waals surface area contributed by atoms with Gasteiger partial charge < -0.3 is 15.0 Å². The molecule has 0 fully saturated rings. The molecule has 1 aliphatic heterocycles. The SMILES string of the molecule is O=C(/C=C/c1ccccc1)Nc1ccc2c(c1)N(Cc1ccc(F)cc1)C(=O)CO2. The minimum Gasteiger partial charge on any atom is -0.482 e. The third kappa shape index (κ3) is 4.55. The zero-order valence-electron chi connectivity index (χ0n) is 16.0. The summed E-state index contributed by atoms with van der Waals surface area (Å²) in [7, 11) is 0. The summed E-state index contributed by atoms with van der Waals surface area (Å²) < 4.78 is 18.7. The fraction of sp³-hybridized carbons (Fsp3) is 0.0833. The lowest BCUT2D eigenvalue weighted by atomic mass is 10.1. The summed E-state index contributed by atoms with van der Waals surface area (Å²) in [5.41, 5.74) is 2.81. The maximum absolute atomic E-state index is 13.2. The third-order valence-corrected chi connectivity index (χ3v) is 4.65. The van der Waals surface area contributed by atoms with Crippen LogP contribution in [0, 0.1) is 5.82 Å². The first-order chi connectivity index (χ1) is 14.6. The molecule has 0 aromatic heterocycles. The number of hydrogen-bond acceptors (Lipinski definition) is 3. The van der Waals surface area contributed by atoms with Gasteiger partial charge in [-0.05, 0) is 47.5 Å². The lowest BCUT2D eigenvalue weighted by Gasteiger charge is -2.30. The lowest BCUT2D eigenvalue weighted by Crippen LogP contribution is -2.38. The second-order valence-electron chi connectivity index (χ2n) is 6.81. The van der Waals surface area contributed by atoms with Crippen molar-refractivity contribution in [1.29, 1.82) is 0 Å². The Labute approximate surface area is 173 Å². The quantitative estimate of drug-likeness (QED) is 0.644. The highest BCUT2D eigenvalue weighted by molar-refractivity contribution is 6.03. The molecular weight excluding hydrogens is 383 g/mol. The number of nitrogens with one attached hydrogen (secondary N) is 1. The zero-order valence-corrected chi connectivity index (χ0v) is 16.0. The average Bonchev–Trinajstić information content (AvgIpc) is 2.76. The first-order valence-corrected chi connectivity index (χ1v) is 9.44. The van der Waals surface area contributed by atoms with Gasteiger partial charge in [-0.15, -0.1) is 0 Å². The number of rotatable bonds is 5. The van der Waals surface area contributed by atoms with E-state index >= 15 is 0 Å². The number of amides is 2. The number of carbonyl (C=O) groups is 2. The van der Waals surface area contributed by atoms with Crippen molar-refractivity contribution >= 4 is 29.3 Å². The molecule has 1 aliphatic rings. The van der Waals surface area contributed by atoms with Crippen molar-refractivity contribution < 1.29 is 18.7 Å². The molecule has 30 heavy (non-hydrogen) atoms. The van der Waals surface area contributed by atoms with E-state index < -0.39 is 0 Å². The van der Waals surface area contributed by atoms with E-state index in [1.54, 1.807) is 41.3 Å². The van der Waals surface area contributed by atoms with Gasteiger partial charge in [0.1, 0.15) is 11.6 Å². The van der Waals surface area contributed by atoms with Crippen LogP contribution in [-0.4, -0.2) is 18.4 Å². The van der Waals surface area contributed by atoms with Crippen LogP contribution in [0.2, 0.25) is 0 Å². The normalized spacial score (nSPS) is 13.1. The van der Waals surface area contributed by atoms with Gasteiger partial charge >= 0.3 is 0 Å². The van der Waals surface area contributed by atoms with E-state index in [1.807, 2.05) is 30.3 Å². The Hall–Kier alpha value is -3.93. The number of carbonyl (C=O) groups excluding carboxylic acids is 2. The molecule has 3 aromatic carbocycles. The summed E-state index contributed by atoms with van der Waals surface area (Å²) in [5.74, 6) is -0.276. The lowest BCUT2D eigenvalue weighted by molar-refractivity contribution is -0.121. The van der Waals surface area contributed by atoms with Gasteiger partial charge in [0.05, 0.1) is 12.2 Å². The van der Waals surface area contributed by atoms with Gasteiger partial charge in [-0.2, -0.15) is 0 Å². The van der Waals surface area contributed by atoms with E-state index in [0.29, 0.717) is 17.1 Å². The topological polar surface area (TPSA) is 58.6 Å². The molecule has 0 saturated heterocycles. The second kappa shape index (κ2) is 8.61. The number of fused-ring (bicyclic) bond motifs is 1. The molecule has 0 atom stereocenters. The Bertz CT molecular complexity index is 1100. The van der Waals surface area contributed by atoms with Gasteiger partial charge in [0.25, 0.3) is 5.91 Å². The maximum atomic E-state index is 13.2. The first kappa shape index (κ1) is 19.4. The van der Waals surface area contributed by atoms with Crippen LogP contribution >= 0.6 is 0 Å². The predicted octanol–water partition coefficient (Wildman–Crippen LogP) is 4.40. The number of nitrogens with zero attached hydrogens (tertiary/aromatic N) is 1. The Morgan fingerprint density at radius 2 is 1.83 bits per heavy atom. The Morgan fingerprint density at radius 1 is 1.07 bits per heavy atom. The monoisotopic (exact) mass is 402 g/mol. The van der Waals surface area contributed by atoms with Crippen LogP contribution in [0.5, 0.6) is 5.75 Å². The van der Waals surface area contributed by atoms with Crippen molar-refractivity contribution in [2.75, 3.05) is 16.8 Å². The smallest absolute Gasteiger partial charge is 0.265 e. The largest absolute Gasteiger partial charge is 0.482 e. The number of ether oxygens (including phenoxy) is 1. The summed E-state index contributed by atoms with van der Waals surface area (Å²) >= 11 is 0. The minimum atomic E-state index is -0.332.